The summed E-state index contributed by atoms with van der Waals surface area (Å²) in [4.78, 5) is 2.42. The minimum atomic E-state index is 0.612. The van der Waals surface area contributed by atoms with Gasteiger partial charge in [-0.05, 0) is 75.5 Å². The van der Waals surface area contributed by atoms with Gasteiger partial charge >= 0.3 is 0 Å². The number of piperidine rings is 1. The van der Waals surface area contributed by atoms with Crippen LogP contribution in [0.15, 0.2) is 24.3 Å². The zero-order valence-corrected chi connectivity index (χ0v) is 14.4. The van der Waals surface area contributed by atoms with Crippen LogP contribution in [0.3, 0.4) is 0 Å². The minimum absolute atomic E-state index is 0.612. The van der Waals surface area contributed by atoms with Crippen LogP contribution in [0.1, 0.15) is 44.6 Å². The van der Waals surface area contributed by atoms with Crippen LogP contribution in [-0.2, 0) is 0 Å². The molecule has 1 aliphatic heterocycles. The predicted octanol–water partition coefficient (Wildman–Crippen LogP) is 4.15. The van der Waals surface area contributed by atoms with Gasteiger partial charge in [-0.2, -0.15) is 0 Å². The van der Waals surface area contributed by atoms with Crippen LogP contribution in [0.5, 0.6) is 0 Å². The SMILES string of the molecule is CC(C)[C@@H](CCNC1CCN(C)CC1)c1ccc(Cl)cc1. The fraction of sp³-hybridized carbons (Fsp3) is 0.667. The number of halogens is 1. The Labute approximate surface area is 134 Å². The lowest BCUT2D eigenvalue weighted by Gasteiger charge is -2.30. The van der Waals surface area contributed by atoms with Crippen molar-refractivity contribution in [3.8, 4) is 0 Å². The van der Waals surface area contributed by atoms with Gasteiger partial charge in [0.15, 0.2) is 0 Å². The normalized spacial score (nSPS) is 19.1. The van der Waals surface area contributed by atoms with Crippen LogP contribution in [0, 0.1) is 5.92 Å². The van der Waals surface area contributed by atoms with Gasteiger partial charge in [0.2, 0.25) is 0 Å². The lowest BCUT2D eigenvalue weighted by Crippen LogP contribution is -2.41. The van der Waals surface area contributed by atoms with Crippen LogP contribution >= 0.6 is 11.6 Å². The average molecular weight is 309 g/mol. The number of hydrogen-bond donors (Lipinski definition) is 1. The molecule has 0 aliphatic carbocycles. The second kappa shape index (κ2) is 8.17. The van der Waals surface area contributed by atoms with Gasteiger partial charge in [-0.1, -0.05) is 37.6 Å². The molecule has 0 spiro atoms. The Hall–Kier alpha value is -0.570. The number of nitrogens with one attached hydrogen (secondary N) is 1. The Balaban J connectivity index is 1.82. The van der Waals surface area contributed by atoms with E-state index in [2.05, 4.69) is 43.2 Å². The van der Waals surface area contributed by atoms with Crippen molar-refractivity contribution in [1.82, 2.24) is 10.2 Å². The molecule has 1 saturated heterocycles. The number of nitrogens with zero attached hydrogens (tertiary/aromatic N) is 1. The minimum Gasteiger partial charge on any atom is -0.314 e. The summed E-state index contributed by atoms with van der Waals surface area (Å²) >= 11 is 6.00. The van der Waals surface area contributed by atoms with Crippen molar-refractivity contribution in [3.05, 3.63) is 34.9 Å². The van der Waals surface area contributed by atoms with Crippen LogP contribution in [0.4, 0.5) is 0 Å². The Morgan fingerprint density at radius 2 is 1.81 bits per heavy atom. The van der Waals surface area contributed by atoms with Crippen molar-refractivity contribution in [2.75, 3.05) is 26.7 Å². The van der Waals surface area contributed by atoms with E-state index in [1.807, 2.05) is 12.1 Å². The molecule has 0 saturated carbocycles. The van der Waals surface area contributed by atoms with E-state index in [0.717, 1.165) is 11.6 Å². The first-order chi connectivity index (χ1) is 10.1. The van der Waals surface area contributed by atoms with Gasteiger partial charge in [0.05, 0.1) is 0 Å². The molecular weight excluding hydrogens is 280 g/mol. The summed E-state index contributed by atoms with van der Waals surface area (Å²) in [5.41, 5.74) is 1.42. The molecule has 1 atom stereocenters. The van der Waals surface area contributed by atoms with Gasteiger partial charge in [0.25, 0.3) is 0 Å². The lowest BCUT2D eigenvalue weighted by molar-refractivity contribution is 0.233. The third-order valence-electron chi connectivity index (χ3n) is 4.71. The maximum absolute atomic E-state index is 6.00. The number of hydrogen-bond acceptors (Lipinski definition) is 2. The van der Waals surface area contributed by atoms with Crippen molar-refractivity contribution in [2.24, 2.45) is 5.92 Å². The highest BCUT2D eigenvalue weighted by molar-refractivity contribution is 6.30. The van der Waals surface area contributed by atoms with E-state index in [-0.39, 0.29) is 0 Å². The molecule has 2 rings (SSSR count). The second-order valence-electron chi connectivity index (χ2n) is 6.72. The molecule has 1 N–H and O–H groups in total. The molecule has 0 aromatic heterocycles. The topological polar surface area (TPSA) is 15.3 Å². The van der Waals surface area contributed by atoms with Crippen LogP contribution in [-0.4, -0.2) is 37.6 Å². The third kappa shape index (κ3) is 5.28. The summed E-state index contributed by atoms with van der Waals surface area (Å²) in [6, 6.07) is 9.09. The summed E-state index contributed by atoms with van der Waals surface area (Å²) < 4.78 is 0. The fourth-order valence-electron chi connectivity index (χ4n) is 3.25. The third-order valence-corrected chi connectivity index (χ3v) is 4.96. The van der Waals surface area contributed by atoms with E-state index in [4.69, 9.17) is 11.6 Å². The van der Waals surface area contributed by atoms with Crippen LogP contribution in [0.25, 0.3) is 0 Å². The quantitative estimate of drug-likeness (QED) is 0.849. The van der Waals surface area contributed by atoms with Crippen LogP contribution < -0.4 is 5.32 Å². The predicted molar refractivity (Wildman–Crippen MR) is 92.2 cm³/mol. The average Bonchev–Trinajstić information content (AvgIpc) is 2.46. The molecule has 21 heavy (non-hydrogen) atoms. The highest BCUT2D eigenvalue weighted by atomic mass is 35.5. The summed E-state index contributed by atoms with van der Waals surface area (Å²) in [5.74, 6) is 1.27. The van der Waals surface area contributed by atoms with Crippen LogP contribution in [0.2, 0.25) is 5.02 Å². The smallest absolute Gasteiger partial charge is 0.0406 e. The van der Waals surface area contributed by atoms with E-state index in [9.17, 15) is 0 Å². The van der Waals surface area contributed by atoms with E-state index >= 15 is 0 Å². The summed E-state index contributed by atoms with van der Waals surface area (Å²) in [5, 5.41) is 4.58. The van der Waals surface area contributed by atoms with Gasteiger partial charge in [0, 0.05) is 11.1 Å². The van der Waals surface area contributed by atoms with Gasteiger partial charge < -0.3 is 10.2 Å². The van der Waals surface area contributed by atoms with Gasteiger partial charge in [-0.15, -0.1) is 0 Å². The maximum atomic E-state index is 6.00. The first kappa shape index (κ1) is 16.8. The number of rotatable bonds is 6. The summed E-state index contributed by atoms with van der Waals surface area (Å²) in [6.07, 6.45) is 3.76. The first-order valence-electron chi connectivity index (χ1n) is 8.23. The van der Waals surface area contributed by atoms with Crippen molar-refractivity contribution < 1.29 is 0 Å². The summed E-state index contributed by atoms with van der Waals surface area (Å²) in [6.45, 7) is 8.19. The molecule has 1 fully saturated rings. The molecule has 1 heterocycles. The highest BCUT2D eigenvalue weighted by Gasteiger charge is 2.18. The molecule has 1 aliphatic rings. The van der Waals surface area contributed by atoms with E-state index in [1.165, 1.54) is 37.9 Å². The monoisotopic (exact) mass is 308 g/mol. The molecule has 0 amide bonds. The lowest BCUT2D eigenvalue weighted by atomic mass is 9.85. The van der Waals surface area contributed by atoms with Crippen molar-refractivity contribution >= 4 is 11.6 Å². The molecule has 0 radical (unpaired) electrons. The molecule has 3 heteroatoms. The Kier molecular flexibility index (Phi) is 6.53. The molecule has 0 unspecified atom stereocenters. The van der Waals surface area contributed by atoms with Crippen molar-refractivity contribution in [2.45, 2.75) is 45.1 Å². The Morgan fingerprint density at radius 3 is 2.38 bits per heavy atom. The zero-order chi connectivity index (χ0) is 15.2. The standard InChI is InChI=1S/C18H29ClN2/c1-14(2)18(15-4-6-16(19)7-5-15)8-11-20-17-9-12-21(3)13-10-17/h4-7,14,17-18,20H,8-13H2,1-3H3/t18-/m1/s1. The molecule has 1 aromatic rings. The molecular formula is C18H29ClN2. The number of benzene rings is 1. The molecule has 118 valence electrons. The van der Waals surface area contributed by atoms with Crippen molar-refractivity contribution in [3.63, 3.8) is 0 Å². The van der Waals surface area contributed by atoms with Crippen molar-refractivity contribution in [1.29, 1.82) is 0 Å². The van der Waals surface area contributed by atoms with E-state index < -0.39 is 0 Å². The maximum Gasteiger partial charge on any atom is 0.0406 e. The second-order valence-corrected chi connectivity index (χ2v) is 7.16. The van der Waals surface area contributed by atoms with Gasteiger partial charge in [0.1, 0.15) is 0 Å². The highest BCUT2D eigenvalue weighted by Crippen LogP contribution is 2.28. The molecule has 1 aromatic carbocycles. The number of likely N-dealkylation sites (tertiary alicyclic amines) is 1. The summed E-state index contributed by atoms with van der Waals surface area (Å²) in [7, 11) is 2.21. The fourth-order valence-corrected chi connectivity index (χ4v) is 3.38. The van der Waals surface area contributed by atoms with Gasteiger partial charge in [-0.25, -0.2) is 0 Å². The first-order valence-corrected chi connectivity index (χ1v) is 8.61. The van der Waals surface area contributed by atoms with Gasteiger partial charge in [-0.3, -0.25) is 0 Å². The molecule has 0 bridgehead atoms. The largest absolute Gasteiger partial charge is 0.314 e. The molecule has 2 nitrogen and oxygen atoms in total. The van der Waals surface area contributed by atoms with E-state index in [0.29, 0.717) is 17.9 Å². The Morgan fingerprint density at radius 1 is 1.19 bits per heavy atom. The Bertz CT molecular complexity index is 408. The van der Waals surface area contributed by atoms with E-state index in [1.54, 1.807) is 0 Å². The zero-order valence-electron chi connectivity index (χ0n) is 13.6.